The Hall–Kier alpha value is -2.87. The van der Waals surface area contributed by atoms with Crippen LogP contribution in [-0.4, -0.2) is 0 Å². The molecule has 4 heteroatoms. The quantitative estimate of drug-likeness (QED) is 0.124. The molecule has 0 aliphatic carbocycles. The average Bonchev–Trinajstić information content (AvgIpc) is 3.04. The minimum absolute atomic E-state index is 0. The van der Waals surface area contributed by atoms with Crippen molar-refractivity contribution in [2.75, 3.05) is 0 Å². The van der Waals surface area contributed by atoms with Crippen molar-refractivity contribution in [3.8, 4) is 0 Å². The zero-order valence-electron chi connectivity index (χ0n) is 22.0. The molecule has 6 aromatic rings. The van der Waals surface area contributed by atoms with Crippen LogP contribution in [0.2, 0.25) is 0 Å². The van der Waals surface area contributed by atoms with Crippen molar-refractivity contribution in [1.82, 2.24) is 0 Å². The Kier molecular flexibility index (Phi) is 9.45. The van der Waals surface area contributed by atoms with Crippen LogP contribution in [0.1, 0.15) is 0 Å². The maximum atomic E-state index is 2.39. The Bertz CT molecular complexity index is 1280. The van der Waals surface area contributed by atoms with Crippen LogP contribution in [0.15, 0.2) is 182 Å². The van der Waals surface area contributed by atoms with Gasteiger partial charge in [-0.3, -0.25) is 0 Å². The van der Waals surface area contributed by atoms with Crippen molar-refractivity contribution in [2.24, 2.45) is 0 Å². The van der Waals surface area contributed by atoms with Gasteiger partial charge in [-0.25, -0.2) is 0 Å². The maximum absolute atomic E-state index is 2.50. The molecule has 0 fully saturated rings. The predicted octanol–water partition coefficient (Wildman–Crippen LogP) is 6.77. The Balaban J connectivity index is 0.00000323. The third-order valence-corrected chi connectivity index (χ3v) is 34.2. The first-order chi connectivity index (χ1) is 19.3. The molecular formula is C36H33ClP2Pd. The van der Waals surface area contributed by atoms with Gasteiger partial charge in [0.2, 0.25) is 0 Å². The van der Waals surface area contributed by atoms with Gasteiger partial charge in [0, 0.05) is 0 Å². The number of benzene rings is 6. The molecule has 0 aliphatic heterocycles. The summed E-state index contributed by atoms with van der Waals surface area (Å²) in [6, 6.07) is 68.4. The second-order valence-electron chi connectivity index (χ2n) is 9.50. The van der Waals surface area contributed by atoms with Gasteiger partial charge < -0.3 is 0 Å². The molecule has 0 saturated carbocycles. The molecule has 0 radical (unpaired) electrons. The molecule has 0 aliphatic rings. The summed E-state index contributed by atoms with van der Waals surface area (Å²) in [6.07, 6.45) is 0. The van der Waals surface area contributed by atoms with E-state index in [9.17, 15) is 0 Å². The summed E-state index contributed by atoms with van der Waals surface area (Å²) in [7, 11) is 0. The van der Waals surface area contributed by atoms with Gasteiger partial charge in [0.05, 0.1) is 0 Å². The minimum atomic E-state index is -2.50. The van der Waals surface area contributed by atoms with Crippen LogP contribution in [0.3, 0.4) is 0 Å². The topological polar surface area (TPSA) is 0 Å². The summed E-state index contributed by atoms with van der Waals surface area (Å²) in [5.41, 5.74) is -4.99. The van der Waals surface area contributed by atoms with Gasteiger partial charge in [0.1, 0.15) is 0 Å². The molecule has 0 saturated heterocycles. The van der Waals surface area contributed by atoms with E-state index in [1.165, 1.54) is 31.8 Å². The SMILES string of the molecule is Cl.c1ccc([PH]([Pd][PH](c2ccccc2)(c2ccccc2)c2ccccc2)(c2ccccc2)c2ccccc2)cc1. The van der Waals surface area contributed by atoms with E-state index in [-0.39, 0.29) is 12.4 Å². The van der Waals surface area contributed by atoms with E-state index in [0.29, 0.717) is 17.0 Å². The molecule has 0 amide bonds. The van der Waals surface area contributed by atoms with Crippen LogP contribution in [-0.2, 0) is 17.0 Å². The summed E-state index contributed by atoms with van der Waals surface area (Å²) in [4.78, 5) is 0. The second-order valence-corrected chi connectivity index (χ2v) is 26.5. The first kappa shape index (κ1) is 28.7. The fourth-order valence-corrected chi connectivity index (χ4v) is 39.4. The Morgan fingerprint density at radius 2 is 0.400 bits per heavy atom. The van der Waals surface area contributed by atoms with Crippen molar-refractivity contribution >= 4 is 55.1 Å². The van der Waals surface area contributed by atoms with Gasteiger partial charge in [-0.15, -0.1) is 12.4 Å². The van der Waals surface area contributed by atoms with E-state index < -0.39 is 10.9 Å². The molecule has 6 rings (SSSR count). The van der Waals surface area contributed by atoms with Crippen LogP contribution >= 0.6 is 23.3 Å². The molecule has 0 aromatic heterocycles. The van der Waals surface area contributed by atoms with E-state index in [1.807, 2.05) is 0 Å². The van der Waals surface area contributed by atoms with Crippen molar-refractivity contribution in [2.45, 2.75) is 0 Å². The summed E-state index contributed by atoms with van der Waals surface area (Å²) < 4.78 is 0. The van der Waals surface area contributed by atoms with Gasteiger partial charge in [0.15, 0.2) is 0 Å². The van der Waals surface area contributed by atoms with Gasteiger partial charge in [-0.1, -0.05) is 0 Å². The zero-order chi connectivity index (χ0) is 26.4. The molecule has 6 aromatic carbocycles. The third-order valence-electron chi connectivity index (χ3n) is 7.16. The molecule has 0 bridgehead atoms. The molecule has 204 valence electrons. The second kappa shape index (κ2) is 13.2. The van der Waals surface area contributed by atoms with Crippen molar-refractivity contribution in [3.05, 3.63) is 182 Å². The van der Waals surface area contributed by atoms with E-state index >= 15 is 0 Å². The molecular weight excluding hydrogens is 636 g/mol. The molecule has 0 nitrogen and oxygen atoms in total. The fourth-order valence-electron chi connectivity index (χ4n) is 5.40. The van der Waals surface area contributed by atoms with Crippen molar-refractivity contribution < 1.29 is 17.0 Å². The van der Waals surface area contributed by atoms with Crippen molar-refractivity contribution in [3.63, 3.8) is 0 Å². The van der Waals surface area contributed by atoms with Gasteiger partial charge >= 0.3 is 242 Å². The Labute approximate surface area is 252 Å². The summed E-state index contributed by atoms with van der Waals surface area (Å²) in [5.74, 6) is 0. The van der Waals surface area contributed by atoms with Gasteiger partial charge in [-0.05, 0) is 0 Å². The predicted molar refractivity (Wildman–Crippen MR) is 180 cm³/mol. The Morgan fingerprint density at radius 3 is 0.550 bits per heavy atom. The molecule has 0 unspecified atom stereocenters. The average molecular weight is 669 g/mol. The Morgan fingerprint density at radius 1 is 0.250 bits per heavy atom. The standard InChI is InChI=1S/2C18H15P.ClH.Pd/c2*1-4-10-16(11-5-1)19(17-12-6-2-7-13-17)18-14-8-3-9-15-18;;/h2*1-15H;1H;/q;;;-2/p+2. The van der Waals surface area contributed by atoms with Crippen LogP contribution in [0.4, 0.5) is 0 Å². The molecule has 0 atom stereocenters. The number of rotatable bonds is 8. The van der Waals surface area contributed by atoms with Gasteiger partial charge in [0.25, 0.3) is 0 Å². The molecule has 40 heavy (non-hydrogen) atoms. The van der Waals surface area contributed by atoms with E-state index in [4.69, 9.17) is 0 Å². The van der Waals surface area contributed by atoms with Crippen LogP contribution in [0.25, 0.3) is 0 Å². The van der Waals surface area contributed by atoms with Crippen LogP contribution < -0.4 is 31.8 Å². The van der Waals surface area contributed by atoms with Crippen molar-refractivity contribution in [1.29, 1.82) is 0 Å². The first-order valence-electron chi connectivity index (χ1n) is 13.3. The summed E-state index contributed by atoms with van der Waals surface area (Å²) in [6.45, 7) is 0. The van der Waals surface area contributed by atoms with E-state index in [2.05, 4.69) is 182 Å². The van der Waals surface area contributed by atoms with Gasteiger partial charge in [-0.2, -0.15) is 0 Å². The van der Waals surface area contributed by atoms with E-state index in [0.717, 1.165) is 0 Å². The monoisotopic (exact) mass is 668 g/mol. The first-order valence-corrected chi connectivity index (χ1v) is 21.6. The number of hydrogen-bond acceptors (Lipinski definition) is 0. The molecule has 0 spiro atoms. The molecule has 0 heterocycles. The summed E-state index contributed by atoms with van der Waals surface area (Å²) in [5, 5.41) is 8.89. The number of hydrogen-bond donors (Lipinski definition) is 0. The zero-order valence-corrected chi connectivity index (χ0v) is 26.4. The normalized spacial score (nSPS) is 12.3. The van der Waals surface area contributed by atoms with Crippen LogP contribution in [0, 0.1) is 0 Å². The van der Waals surface area contributed by atoms with E-state index in [1.54, 1.807) is 0 Å². The number of halogens is 1. The molecule has 0 N–H and O–H groups in total. The summed E-state index contributed by atoms with van der Waals surface area (Å²) >= 11 is 0.381. The fraction of sp³-hybridized carbons (Fsp3) is 0. The van der Waals surface area contributed by atoms with Crippen LogP contribution in [0.5, 0.6) is 0 Å². The third kappa shape index (κ3) is 5.39.